The van der Waals surface area contributed by atoms with Crippen LogP contribution < -0.4 is 10.2 Å². The molecule has 0 bridgehead atoms. The molecule has 4 heteroatoms. The lowest BCUT2D eigenvalue weighted by Crippen LogP contribution is -2.48. The molecule has 0 unspecified atom stereocenters. The van der Waals surface area contributed by atoms with E-state index in [0.29, 0.717) is 5.75 Å². The second-order valence-corrected chi connectivity index (χ2v) is 4.13. The van der Waals surface area contributed by atoms with Gasteiger partial charge in [-0.3, -0.25) is 4.90 Å². The Hall–Kier alpha value is -1.26. The Morgan fingerprint density at radius 2 is 1.75 bits per heavy atom. The Labute approximate surface area is 96.5 Å². The summed E-state index contributed by atoms with van der Waals surface area (Å²) >= 11 is 0. The number of nitrogens with one attached hydrogen (secondary N) is 1. The van der Waals surface area contributed by atoms with Gasteiger partial charge in [-0.25, -0.2) is 0 Å². The maximum absolute atomic E-state index is 9.23. The van der Waals surface area contributed by atoms with Crippen LogP contribution in [0.15, 0.2) is 24.3 Å². The van der Waals surface area contributed by atoms with Crippen LogP contribution in [-0.4, -0.2) is 49.9 Å². The minimum absolute atomic E-state index is 0.331. The highest BCUT2D eigenvalue weighted by molar-refractivity contribution is 5.49. The second-order valence-electron chi connectivity index (χ2n) is 4.13. The Balaban J connectivity index is 1.91. The molecule has 1 heterocycles. The molecule has 16 heavy (non-hydrogen) atoms. The van der Waals surface area contributed by atoms with Crippen LogP contribution in [0.1, 0.15) is 0 Å². The maximum Gasteiger partial charge on any atom is 0.115 e. The molecule has 1 aliphatic rings. The molecule has 0 aliphatic carbocycles. The SMILES string of the molecule is CNCN1CCN(c2ccc(O)cc2)CC1. The molecular weight excluding hydrogens is 202 g/mol. The van der Waals surface area contributed by atoms with E-state index in [4.69, 9.17) is 0 Å². The van der Waals surface area contributed by atoms with Crippen molar-refractivity contribution in [1.82, 2.24) is 10.2 Å². The first kappa shape index (κ1) is 11.2. The average Bonchev–Trinajstić information content (AvgIpc) is 2.32. The van der Waals surface area contributed by atoms with Crippen LogP contribution in [0.5, 0.6) is 5.75 Å². The van der Waals surface area contributed by atoms with E-state index >= 15 is 0 Å². The molecule has 0 amide bonds. The minimum atomic E-state index is 0.331. The van der Waals surface area contributed by atoms with Crippen molar-refractivity contribution in [2.45, 2.75) is 0 Å². The fourth-order valence-corrected chi connectivity index (χ4v) is 2.05. The van der Waals surface area contributed by atoms with Gasteiger partial charge < -0.3 is 15.3 Å². The highest BCUT2D eigenvalue weighted by Crippen LogP contribution is 2.19. The molecule has 0 aromatic heterocycles. The first-order valence-electron chi connectivity index (χ1n) is 5.70. The summed E-state index contributed by atoms with van der Waals surface area (Å²) in [6.45, 7) is 5.23. The smallest absolute Gasteiger partial charge is 0.115 e. The number of hydrogen-bond acceptors (Lipinski definition) is 4. The van der Waals surface area contributed by atoms with Gasteiger partial charge in [0.2, 0.25) is 0 Å². The second kappa shape index (κ2) is 5.18. The third-order valence-corrected chi connectivity index (χ3v) is 2.97. The van der Waals surface area contributed by atoms with E-state index in [1.54, 1.807) is 12.1 Å². The Morgan fingerprint density at radius 1 is 1.12 bits per heavy atom. The quantitative estimate of drug-likeness (QED) is 0.788. The van der Waals surface area contributed by atoms with Gasteiger partial charge in [0.25, 0.3) is 0 Å². The molecule has 1 saturated heterocycles. The third-order valence-electron chi connectivity index (χ3n) is 2.97. The number of rotatable bonds is 3. The number of hydrogen-bond donors (Lipinski definition) is 2. The molecule has 0 saturated carbocycles. The van der Waals surface area contributed by atoms with E-state index in [-0.39, 0.29) is 0 Å². The summed E-state index contributed by atoms with van der Waals surface area (Å²) in [6, 6.07) is 7.44. The topological polar surface area (TPSA) is 38.7 Å². The van der Waals surface area contributed by atoms with Crippen LogP contribution in [0, 0.1) is 0 Å². The normalized spacial score (nSPS) is 17.7. The fraction of sp³-hybridized carbons (Fsp3) is 0.500. The molecule has 1 fully saturated rings. The summed E-state index contributed by atoms with van der Waals surface area (Å²) < 4.78 is 0. The number of anilines is 1. The zero-order chi connectivity index (χ0) is 11.4. The van der Waals surface area contributed by atoms with Crippen LogP contribution in [0.2, 0.25) is 0 Å². The summed E-state index contributed by atoms with van der Waals surface area (Å²) in [7, 11) is 1.98. The lowest BCUT2D eigenvalue weighted by molar-refractivity contribution is 0.246. The van der Waals surface area contributed by atoms with Crippen LogP contribution in [-0.2, 0) is 0 Å². The van der Waals surface area contributed by atoms with E-state index in [1.165, 1.54) is 5.69 Å². The summed E-state index contributed by atoms with van der Waals surface area (Å²) in [5.74, 6) is 0.331. The van der Waals surface area contributed by atoms with Crippen molar-refractivity contribution in [3.8, 4) is 5.75 Å². The van der Waals surface area contributed by atoms with Crippen molar-refractivity contribution in [2.75, 3.05) is 44.8 Å². The largest absolute Gasteiger partial charge is 0.508 e. The Bertz CT molecular complexity index is 318. The average molecular weight is 221 g/mol. The van der Waals surface area contributed by atoms with Crippen molar-refractivity contribution in [2.24, 2.45) is 0 Å². The van der Waals surface area contributed by atoms with Crippen molar-refractivity contribution in [3.63, 3.8) is 0 Å². The van der Waals surface area contributed by atoms with E-state index in [9.17, 15) is 5.11 Å². The summed E-state index contributed by atoms with van der Waals surface area (Å²) in [5, 5.41) is 12.4. The molecule has 2 rings (SSSR count). The molecule has 4 nitrogen and oxygen atoms in total. The van der Waals surface area contributed by atoms with Gasteiger partial charge in [-0.05, 0) is 31.3 Å². The van der Waals surface area contributed by atoms with E-state index in [2.05, 4.69) is 15.1 Å². The molecule has 0 radical (unpaired) electrons. The van der Waals surface area contributed by atoms with Crippen molar-refractivity contribution in [3.05, 3.63) is 24.3 Å². The lowest BCUT2D eigenvalue weighted by atomic mass is 10.2. The lowest BCUT2D eigenvalue weighted by Gasteiger charge is -2.35. The number of aromatic hydroxyl groups is 1. The van der Waals surface area contributed by atoms with Gasteiger partial charge in [0.15, 0.2) is 0 Å². The van der Waals surface area contributed by atoms with Gasteiger partial charge in [-0.1, -0.05) is 0 Å². The zero-order valence-electron chi connectivity index (χ0n) is 9.69. The zero-order valence-corrected chi connectivity index (χ0v) is 9.69. The van der Waals surface area contributed by atoms with E-state index in [0.717, 1.165) is 32.8 Å². The standard InChI is InChI=1S/C12H19N3O/c1-13-10-14-6-8-15(9-7-14)11-2-4-12(16)5-3-11/h2-5,13,16H,6-10H2,1H3. The molecule has 1 aliphatic heterocycles. The third kappa shape index (κ3) is 2.65. The van der Waals surface area contributed by atoms with Crippen molar-refractivity contribution >= 4 is 5.69 Å². The maximum atomic E-state index is 9.23. The number of phenolic OH excluding ortho intramolecular Hbond substituents is 1. The number of nitrogens with zero attached hydrogens (tertiary/aromatic N) is 2. The van der Waals surface area contributed by atoms with Gasteiger partial charge in [0.1, 0.15) is 5.75 Å². The van der Waals surface area contributed by atoms with Gasteiger partial charge in [0, 0.05) is 38.5 Å². The van der Waals surface area contributed by atoms with Crippen molar-refractivity contribution in [1.29, 1.82) is 0 Å². The van der Waals surface area contributed by atoms with Gasteiger partial charge in [0.05, 0.1) is 0 Å². The van der Waals surface area contributed by atoms with Gasteiger partial charge in [-0.15, -0.1) is 0 Å². The monoisotopic (exact) mass is 221 g/mol. The van der Waals surface area contributed by atoms with E-state index in [1.807, 2.05) is 19.2 Å². The number of piperazine rings is 1. The fourth-order valence-electron chi connectivity index (χ4n) is 2.05. The van der Waals surface area contributed by atoms with Gasteiger partial charge >= 0.3 is 0 Å². The molecule has 0 atom stereocenters. The first-order chi connectivity index (χ1) is 7.79. The Kier molecular flexibility index (Phi) is 3.64. The highest BCUT2D eigenvalue weighted by Gasteiger charge is 2.15. The number of phenols is 1. The van der Waals surface area contributed by atoms with Crippen LogP contribution in [0.3, 0.4) is 0 Å². The van der Waals surface area contributed by atoms with Crippen molar-refractivity contribution < 1.29 is 5.11 Å². The minimum Gasteiger partial charge on any atom is -0.508 e. The molecule has 0 spiro atoms. The predicted octanol–water partition coefficient (Wildman–Crippen LogP) is 0.691. The summed E-state index contributed by atoms with van der Waals surface area (Å²) in [5.41, 5.74) is 1.20. The predicted molar refractivity (Wildman–Crippen MR) is 65.8 cm³/mol. The number of benzene rings is 1. The van der Waals surface area contributed by atoms with E-state index < -0.39 is 0 Å². The van der Waals surface area contributed by atoms with Crippen LogP contribution >= 0.6 is 0 Å². The van der Waals surface area contributed by atoms with Gasteiger partial charge in [-0.2, -0.15) is 0 Å². The molecule has 1 aromatic rings. The molecule has 2 N–H and O–H groups in total. The highest BCUT2D eigenvalue weighted by atomic mass is 16.3. The van der Waals surface area contributed by atoms with Crippen LogP contribution in [0.25, 0.3) is 0 Å². The first-order valence-corrected chi connectivity index (χ1v) is 5.70. The molecule has 1 aromatic carbocycles. The molecular formula is C12H19N3O. The van der Waals surface area contributed by atoms with Crippen LogP contribution in [0.4, 0.5) is 5.69 Å². The summed E-state index contributed by atoms with van der Waals surface area (Å²) in [4.78, 5) is 4.75. The molecule has 88 valence electrons. The Morgan fingerprint density at radius 3 is 2.31 bits per heavy atom. The summed E-state index contributed by atoms with van der Waals surface area (Å²) in [6.07, 6.45) is 0.